The lowest BCUT2D eigenvalue weighted by Gasteiger charge is -2.24. The van der Waals surface area contributed by atoms with E-state index in [-0.39, 0.29) is 6.54 Å². The number of benzene rings is 1. The average molecular weight is 256 g/mol. The zero-order valence-corrected chi connectivity index (χ0v) is 10.9. The molecule has 1 aromatic carbocycles. The van der Waals surface area contributed by atoms with Crippen LogP contribution in [0.2, 0.25) is 0 Å². The standard InChI is InChI=1S/C11H16N2O3S/c1-8-5-4-6-9(2)11(8)13(7-10(12)14)17(3,15)16/h4-6H,7H2,1-3H3,(H2,12,14). The molecule has 0 saturated carbocycles. The molecule has 1 aromatic rings. The first-order valence-electron chi connectivity index (χ1n) is 5.05. The Hall–Kier alpha value is -1.56. The Morgan fingerprint density at radius 1 is 1.29 bits per heavy atom. The minimum Gasteiger partial charge on any atom is -0.368 e. The normalized spacial score (nSPS) is 11.2. The fourth-order valence-corrected chi connectivity index (χ4v) is 2.68. The van der Waals surface area contributed by atoms with Crippen molar-refractivity contribution in [3.8, 4) is 0 Å². The molecule has 0 fully saturated rings. The molecule has 0 saturated heterocycles. The summed E-state index contributed by atoms with van der Waals surface area (Å²) in [6, 6.07) is 5.42. The van der Waals surface area contributed by atoms with Crippen LogP contribution in [0.3, 0.4) is 0 Å². The minimum absolute atomic E-state index is 0.343. The molecule has 0 spiro atoms. The lowest BCUT2D eigenvalue weighted by Crippen LogP contribution is -2.38. The summed E-state index contributed by atoms with van der Waals surface area (Å²) in [5, 5.41) is 0. The Kier molecular flexibility index (Phi) is 3.77. The maximum atomic E-state index is 11.7. The monoisotopic (exact) mass is 256 g/mol. The topological polar surface area (TPSA) is 80.5 Å². The van der Waals surface area contributed by atoms with E-state index in [4.69, 9.17) is 5.73 Å². The summed E-state index contributed by atoms with van der Waals surface area (Å²) in [5.41, 5.74) is 7.18. The number of nitrogens with zero attached hydrogens (tertiary/aromatic N) is 1. The lowest BCUT2D eigenvalue weighted by molar-refractivity contribution is -0.116. The van der Waals surface area contributed by atoms with Crippen LogP contribution in [0.5, 0.6) is 0 Å². The molecule has 0 aliphatic rings. The van der Waals surface area contributed by atoms with Gasteiger partial charge in [0, 0.05) is 0 Å². The van der Waals surface area contributed by atoms with Crippen LogP contribution in [0.4, 0.5) is 5.69 Å². The molecule has 2 N–H and O–H groups in total. The molecule has 0 aliphatic heterocycles. The molecule has 0 radical (unpaired) electrons. The molecule has 94 valence electrons. The summed E-state index contributed by atoms with van der Waals surface area (Å²) < 4.78 is 24.4. The third-order valence-corrected chi connectivity index (χ3v) is 3.50. The Bertz CT molecular complexity index is 517. The molecular weight excluding hydrogens is 240 g/mol. The molecule has 5 nitrogen and oxygen atoms in total. The van der Waals surface area contributed by atoms with E-state index in [1.807, 2.05) is 6.07 Å². The maximum absolute atomic E-state index is 11.7. The van der Waals surface area contributed by atoms with Crippen molar-refractivity contribution in [1.29, 1.82) is 0 Å². The van der Waals surface area contributed by atoms with E-state index >= 15 is 0 Å². The highest BCUT2D eigenvalue weighted by molar-refractivity contribution is 7.92. The molecular formula is C11H16N2O3S. The van der Waals surface area contributed by atoms with E-state index in [9.17, 15) is 13.2 Å². The number of hydrogen-bond acceptors (Lipinski definition) is 3. The van der Waals surface area contributed by atoms with Gasteiger partial charge in [0.05, 0.1) is 11.9 Å². The number of aryl methyl sites for hydroxylation is 2. The summed E-state index contributed by atoms with van der Waals surface area (Å²) in [6.45, 7) is 3.24. The SMILES string of the molecule is Cc1cccc(C)c1N(CC(N)=O)S(C)(=O)=O. The summed E-state index contributed by atoms with van der Waals surface area (Å²) in [7, 11) is -3.53. The highest BCUT2D eigenvalue weighted by Gasteiger charge is 2.22. The van der Waals surface area contributed by atoms with Crippen molar-refractivity contribution in [2.24, 2.45) is 5.73 Å². The quantitative estimate of drug-likeness (QED) is 0.854. The van der Waals surface area contributed by atoms with E-state index in [0.29, 0.717) is 5.69 Å². The zero-order chi connectivity index (χ0) is 13.2. The summed E-state index contributed by atoms with van der Waals surface area (Å²) >= 11 is 0. The number of rotatable bonds is 4. The van der Waals surface area contributed by atoms with Gasteiger partial charge < -0.3 is 5.73 Å². The van der Waals surface area contributed by atoms with Crippen LogP contribution in [0.15, 0.2) is 18.2 Å². The van der Waals surface area contributed by atoms with Crippen molar-refractivity contribution >= 4 is 21.6 Å². The second-order valence-electron chi connectivity index (χ2n) is 3.98. The molecule has 6 heteroatoms. The van der Waals surface area contributed by atoms with Gasteiger partial charge in [-0.05, 0) is 25.0 Å². The van der Waals surface area contributed by atoms with Gasteiger partial charge in [-0.2, -0.15) is 0 Å². The number of nitrogens with two attached hydrogens (primary N) is 1. The van der Waals surface area contributed by atoms with Gasteiger partial charge in [0.25, 0.3) is 0 Å². The molecule has 0 unspecified atom stereocenters. The van der Waals surface area contributed by atoms with Crippen molar-refractivity contribution in [1.82, 2.24) is 0 Å². The van der Waals surface area contributed by atoms with E-state index in [1.54, 1.807) is 26.0 Å². The van der Waals surface area contributed by atoms with Crippen LogP contribution in [0.25, 0.3) is 0 Å². The first-order valence-corrected chi connectivity index (χ1v) is 6.90. The van der Waals surface area contributed by atoms with Gasteiger partial charge in [-0.15, -0.1) is 0 Å². The number of para-hydroxylation sites is 1. The van der Waals surface area contributed by atoms with E-state index in [0.717, 1.165) is 21.7 Å². The van der Waals surface area contributed by atoms with Crippen LogP contribution in [0.1, 0.15) is 11.1 Å². The van der Waals surface area contributed by atoms with Crippen molar-refractivity contribution in [3.05, 3.63) is 29.3 Å². The number of carbonyl (C=O) groups is 1. The average Bonchev–Trinajstić information content (AvgIpc) is 2.13. The van der Waals surface area contributed by atoms with E-state index in [2.05, 4.69) is 0 Å². The lowest BCUT2D eigenvalue weighted by atomic mass is 10.1. The summed E-state index contributed by atoms with van der Waals surface area (Å²) in [4.78, 5) is 11.0. The van der Waals surface area contributed by atoms with Gasteiger partial charge in [-0.25, -0.2) is 8.42 Å². The highest BCUT2D eigenvalue weighted by Crippen LogP contribution is 2.26. The second kappa shape index (κ2) is 4.75. The molecule has 1 amide bonds. The van der Waals surface area contributed by atoms with E-state index < -0.39 is 15.9 Å². The Morgan fingerprint density at radius 2 is 1.76 bits per heavy atom. The van der Waals surface area contributed by atoms with Gasteiger partial charge in [-0.1, -0.05) is 18.2 Å². The fraction of sp³-hybridized carbons (Fsp3) is 0.364. The van der Waals surface area contributed by atoms with Gasteiger partial charge in [-0.3, -0.25) is 9.10 Å². The number of primary amides is 1. The predicted octanol–water partition coefficient (Wildman–Crippen LogP) is 0.555. The summed E-state index contributed by atoms with van der Waals surface area (Å²) in [5.74, 6) is -0.682. The Labute approximate surface area is 101 Å². The van der Waals surface area contributed by atoms with Gasteiger partial charge in [0.2, 0.25) is 15.9 Å². The molecule has 17 heavy (non-hydrogen) atoms. The van der Waals surface area contributed by atoms with E-state index in [1.165, 1.54) is 0 Å². The Morgan fingerprint density at radius 3 is 2.12 bits per heavy atom. The second-order valence-corrected chi connectivity index (χ2v) is 5.88. The summed E-state index contributed by atoms with van der Waals surface area (Å²) in [6.07, 6.45) is 1.06. The largest absolute Gasteiger partial charge is 0.368 e. The predicted molar refractivity (Wildman–Crippen MR) is 67.3 cm³/mol. The van der Waals surface area contributed by atoms with Gasteiger partial charge >= 0.3 is 0 Å². The first-order chi connectivity index (χ1) is 7.73. The van der Waals surface area contributed by atoms with Crippen molar-refractivity contribution < 1.29 is 13.2 Å². The third-order valence-electron chi connectivity index (χ3n) is 2.39. The Balaban J connectivity index is 3.37. The highest BCUT2D eigenvalue weighted by atomic mass is 32.2. The molecule has 0 aliphatic carbocycles. The molecule has 0 bridgehead atoms. The van der Waals surface area contributed by atoms with Crippen molar-refractivity contribution in [3.63, 3.8) is 0 Å². The van der Waals surface area contributed by atoms with Gasteiger partial charge in [0.15, 0.2) is 0 Å². The third kappa shape index (κ3) is 3.20. The van der Waals surface area contributed by atoms with Crippen LogP contribution < -0.4 is 10.0 Å². The van der Waals surface area contributed by atoms with Gasteiger partial charge in [0.1, 0.15) is 6.54 Å². The number of hydrogen-bond donors (Lipinski definition) is 1. The fourth-order valence-electron chi connectivity index (χ4n) is 1.70. The van der Waals surface area contributed by atoms with Crippen LogP contribution in [0, 0.1) is 13.8 Å². The number of anilines is 1. The first kappa shape index (κ1) is 13.5. The molecule has 0 heterocycles. The van der Waals surface area contributed by atoms with Crippen molar-refractivity contribution in [2.45, 2.75) is 13.8 Å². The number of sulfonamides is 1. The number of carbonyl (C=O) groups excluding carboxylic acids is 1. The van der Waals surface area contributed by atoms with Crippen LogP contribution in [-0.4, -0.2) is 27.1 Å². The molecule has 1 rings (SSSR count). The van der Waals surface area contributed by atoms with Crippen molar-refractivity contribution in [2.75, 3.05) is 17.1 Å². The minimum atomic E-state index is -3.53. The maximum Gasteiger partial charge on any atom is 0.238 e. The molecule has 0 atom stereocenters. The zero-order valence-electron chi connectivity index (χ0n) is 10.1. The van der Waals surface area contributed by atoms with Crippen LogP contribution >= 0.6 is 0 Å². The molecule has 0 aromatic heterocycles. The van der Waals surface area contributed by atoms with Crippen LogP contribution in [-0.2, 0) is 14.8 Å². The smallest absolute Gasteiger partial charge is 0.238 e. The number of amides is 1.